The Morgan fingerprint density at radius 2 is 2.34 bits per heavy atom. The van der Waals surface area contributed by atoms with Gasteiger partial charge in [-0.2, -0.15) is 0 Å². The minimum absolute atomic E-state index is 0.0536. The van der Waals surface area contributed by atoms with E-state index in [9.17, 15) is 9.59 Å². The zero-order chi connectivity index (χ0) is 26.4. The summed E-state index contributed by atoms with van der Waals surface area (Å²) in [5, 5.41) is 4.94. The normalized spacial score (nSPS) is 32.6. The van der Waals surface area contributed by atoms with Crippen molar-refractivity contribution in [3.8, 4) is 5.75 Å². The molecule has 29 heavy (non-hydrogen) atoms. The summed E-state index contributed by atoms with van der Waals surface area (Å²) in [6.45, 7) is 1.29. The van der Waals surface area contributed by atoms with Crippen molar-refractivity contribution in [2.75, 3.05) is 31.6 Å². The van der Waals surface area contributed by atoms with Crippen LogP contribution in [0, 0.1) is 11.7 Å². The van der Waals surface area contributed by atoms with E-state index in [1.165, 1.54) is 12.4 Å². The summed E-state index contributed by atoms with van der Waals surface area (Å²) < 4.78 is 78.3. The van der Waals surface area contributed by atoms with Crippen molar-refractivity contribution in [1.82, 2.24) is 9.88 Å². The van der Waals surface area contributed by atoms with E-state index in [4.69, 9.17) is 14.4 Å². The highest BCUT2D eigenvalue weighted by Gasteiger charge is 2.38. The second-order valence-corrected chi connectivity index (χ2v) is 7.55. The van der Waals surface area contributed by atoms with Gasteiger partial charge in [0.05, 0.1) is 19.4 Å². The molecule has 2 unspecified atom stereocenters. The van der Waals surface area contributed by atoms with Gasteiger partial charge in [0.25, 0.3) is 1.43 Å². The Labute approximate surface area is 177 Å². The Balaban J connectivity index is 1.80. The number of aromatic nitrogens is 1. The number of ether oxygens (including phenoxy) is 1. The SMILES string of the molecule is [2H]OC(=O)c1cn(C2([2H])C([2H])([2H])C2([2H])[2H])c2c(OC)c(N3CC4CCCN([2H])C4C3)c(F)cc2c1=O. The first-order valence-corrected chi connectivity index (χ1v) is 9.47. The molecule has 3 heterocycles. The lowest BCUT2D eigenvalue weighted by atomic mass is 9.94. The average molecular weight is 408 g/mol. The van der Waals surface area contributed by atoms with Gasteiger partial charge in [-0.05, 0) is 44.1 Å². The maximum atomic E-state index is 15.7. The van der Waals surface area contributed by atoms with E-state index in [2.05, 4.69) is 5.11 Å². The van der Waals surface area contributed by atoms with Crippen LogP contribution in [0.4, 0.5) is 10.1 Å². The Bertz CT molecular complexity index is 1320. The van der Waals surface area contributed by atoms with Gasteiger partial charge in [0.2, 0.25) is 5.43 Å². The van der Waals surface area contributed by atoms with Gasteiger partial charge in [-0.15, -0.1) is 0 Å². The second-order valence-electron chi connectivity index (χ2n) is 7.55. The fourth-order valence-corrected chi connectivity index (χ4v) is 4.51. The first kappa shape index (κ1) is 12.2. The molecule has 0 bridgehead atoms. The van der Waals surface area contributed by atoms with Crippen LogP contribution in [0.15, 0.2) is 17.1 Å². The molecule has 2 aromatic rings. The van der Waals surface area contributed by atoms with Crippen molar-refractivity contribution in [2.24, 2.45) is 5.92 Å². The van der Waals surface area contributed by atoms with Gasteiger partial charge < -0.3 is 24.6 Å². The standard InChI is InChI=1S/C21H24FN3O4/c1-29-20-17-13(19(26)14(21(27)28)9-25(17)12-4-5-12)7-15(22)18(20)24-8-11-3-2-6-23-16(11)10-24/h7,9,11-12,16,23H,2-6,8,10H2,1H3,(H,27,28)/i4D2,5D2,12D/hD2. The van der Waals surface area contributed by atoms with Crippen LogP contribution in [-0.2, 0) is 0 Å². The molecule has 2 aliphatic heterocycles. The van der Waals surface area contributed by atoms with Crippen LogP contribution in [0.1, 0.15) is 48.8 Å². The molecular weight excluding hydrogens is 377 g/mol. The largest absolute Gasteiger partial charge is 0.492 e. The topological polar surface area (TPSA) is 83.8 Å². The molecule has 5 rings (SSSR count). The lowest BCUT2D eigenvalue weighted by molar-refractivity contribution is 0.0695. The monoisotopic (exact) mass is 408 g/mol. The third-order valence-corrected chi connectivity index (χ3v) is 5.89. The number of aromatic carboxylic acids is 1. The molecule has 7 nitrogen and oxygen atoms in total. The first-order valence-electron chi connectivity index (χ1n) is 12.8. The van der Waals surface area contributed by atoms with Gasteiger partial charge in [0.1, 0.15) is 12.7 Å². The Hall–Kier alpha value is -2.61. The van der Waals surface area contributed by atoms with E-state index in [1.54, 1.807) is 4.90 Å². The van der Waals surface area contributed by atoms with Crippen molar-refractivity contribution in [1.29, 1.82) is 1.43 Å². The number of carbonyl (C=O) groups is 1. The van der Waals surface area contributed by atoms with Crippen molar-refractivity contribution in [3.63, 3.8) is 0 Å². The summed E-state index contributed by atoms with van der Waals surface area (Å²) in [7, 11) is 1.21. The number of nitrogens with zero attached hydrogens (tertiary/aromatic N) is 2. The van der Waals surface area contributed by atoms with E-state index in [1.807, 2.05) is 0 Å². The van der Waals surface area contributed by atoms with E-state index >= 15 is 4.39 Å². The lowest BCUT2D eigenvalue weighted by Crippen LogP contribution is -2.40. The van der Waals surface area contributed by atoms with Crippen molar-refractivity contribution in [3.05, 3.63) is 33.9 Å². The molecule has 1 aromatic heterocycles. The molecule has 0 radical (unpaired) electrons. The zero-order valence-corrected chi connectivity index (χ0v) is 15.7. The minimum atomic E-state index is -2.74. The molecule has 1 aromatic carbocycles. The fourth-order valence-electron chi connectivity index (χ4n) is 4.51. The number of piperidine rings is 1. The van der Waals surface area contributed by atoms with Gasteiger partial charge in [0, 0.05) is 36.8 Å². The molecule has 3 fully saturated rings. The molecule has 1 aliphatic carbocycles. The number of nitrogens with one attached hydrogen (secondary N) is 1. The van der Waals surface area contributed by atoms with Crippen molar-refractivity contribution >= 4 is 22.6 Å². The van der Waals surface area contributed by atoms with E-state index in [0.717, 1.165) is 29.7 Å². The number of hydrogen-bond donors (Lipinski definition) is 2. The van der Waals surface area contributed by atoms with E-state index in [0.29, 0.717) is 19.6 Å². The van der Waals surface area contributed by atoms with Crippen LogP contribution in [-0.4, -0.2) is 48.4 Å². The lowest BCUT2D eigenvalue weighted by Gasteiger charge is -2.25. The van der Waals surface area contributed by atoms with Gasteiger partial charge in [0.15, 0.2) is 11.6 Å². The van der Waals surface area contributed by atoms with Crippen molar-refractivity contribution in [2.45, 2.75) is 37.6 Å². The number of rotatable bonds is 4. The molecule has 0 amide bonds. The summed E-state index contributed by atoms with van der Waals surface area (Å²) >= 11 is 0. The van der Waals surface area contributed by atoms with Crippen LogP contribution >= 0.6 is 0 Å². The highest BCUT2D eigenvalue weighted by atomic mass is 19.1. The van der Waals surface area contributed by atoms with Crippen LogP contribution in [0.25, 0.3) is 12.3 Å². The molecule has 2 atom stereocenters. The molecule has 2 saturated heterocycles. The Morgan fingerprint density at radius 3 is 3.03 bits per heavy atom. The summed E-state index contributed by atoms with van der Waals surface area (Å²) in [5.41, 5.74) is -2.10. The highest BCUT2D eigenvalue weighted by molar-refractivity contribution is 5.97. The van der Waals surface area contributed by atoms with Crippen LogP contribution < -0.4 is 20.4 Å². The quantitative estimate of drug-likeness (QED) is 0.808. The number of fused-ring (bicyclic) bond motifs is 2. The molecule has 8 heteroatoms. The number of anilines is 1. The zero-order valence-electron chi connectivity index (χ0n) is 22.7. The Morgan fingerprint density at radius 1 is 1.52 bits per heavy atom. The summed E-state index contributed by atoms with van der Waals surface area (Å²) in [6.07, 6.45) is -3.02. The predicted octanol–water partition coefficient (Wildman–Crippen LogP) is 2.37. The van der Waals surface area contributed by atoms with E-state index in [-0.39, 0.29) is 28.9 Å². The molecule has 1 saturated carbocycles. The van der Waals surface area contributed by atoms with Gasteiger partial charge in [-0.25, -0.2) is 9.18 Å². The molecule has 154 valence electrons. The number of methoxy groups -OCH3 is 1. The highest BCUT2D eigenvalue weighted by Crippen LogP contribution is 2.45. The third kappa shape index (κ3) is 2.88. The smallest absolute Gasteiger partial charge is 0.341 e. The van der Waals surface area contributed by atoms with Crippen LogP contribution in [0.3, 0.4) is 0 Å². The molecule has 0 spiro atoms. The summed E-state index contributed by atoms with van der Waals surface area (Å²) in [5.74, 6) is -2.39. The average Bonchev–Trinajstić information content (AvgIpc) is 3.14. The summed E-state index contributed by atoms with van der Waals surface area (Å²) in [4.78, 5) is 27.0. The maximum Gasteiger partial charge on any atom is 0.341 e. The first-order chi connectivity index (χ1) is 16.8. The number of halogens is 1. The second kappa shape index (κ2) is 6.73. The van der Waals surface area contributed by atoms with Crippen LogP contribution in [0.5, 0.6) is 5.75 Å². The number of pyridine rings is 1. The number of benzene rings is 1. The fraction of sp³-hybridized carbons (Fsp3) is 0.524. The molecular formula is C21H24FN3O4. The molecule has 2 N–H and O–H groups in total. The number of carboxylic acids is 1. The number of carboxylic acid groups (broad SMARTS) is 1. The van der Waals surface area contributed by atoms with Gasteiger partial charge in [-0.1, -0.05) is 0 Å². The summed E-state index contributed by atoms with van der Waals surface area (Å²) in [6, 6.07) is -1.93. The van der Waals surface area contributed by atoms with Gasteiger partial charge in [-0.3, -0.25) is 4.79 Å². The van der Waals surface area contributed by atoms with Gasteiger partial charge >= 0.3 is 5.97 Å². The molecule has 3 aliphatic rings. The number of hydrogen-bond acceptors (Lipinski definition) is 6. The third-order valence-electron chi connectivity index (χ3n) is 5.89. The van der Waals surface area contributed by atoms with Crippen LogP contribution in [0.2, 0.25) is 1.41 Å². The minimum Gasteiger partial charge on any atom is -0.492 e. The maximum absolute atomic E-state index is 15.7. The van der Waals surface area contributed by atoms with Crippen molar-refractivity contribution < 1.29 is 27.3 Å². The van der Waals surface area contributed by atoms with E-state index < -0.39 is 46.9 Å². The Kier molecular flexibility index (Phi) is 2.82. The predicted molar refractivity (Wildman–Crippen MR) is 107 cm³/mol.